The lowest BCUT2D eigenvalue weighted by Gasteiger charge is -2.01. The first kappa shape index (κ1) is 19.8. The van der Waals surface area contributed by atoms with E-state index in [4.69, 9.17) is 0 Å². The second kappa shape index (κ2) is 12.8. The van der Waals surface area contributed by atoms with Gasteiger partial charge in [-0.25, -0.2) is 4.98 Å². The zero-order valence-electron chi connectivity index (χ0n) is 15.5. The van der Waals surface area contributed by atoms with Gasteiger partial charge in [-0.3, -0.25) is 9.98 Å². The average Bonchev–Trinajstić information content (AvgIpc) is 3.12. The third-order valence-electron chi connectivity index (χ3n) is 4.27. The van der Waals surface area contributed by atoms with Crippen molar-refractivity contribution in [3.05, 3.63) is 35.5 Å². The van der Waals surface area contributed by atoms with Crippen molar-refractivity contribution in [2.75, 3.05) is 6.54 Å². The predicted molar refractivity (Wildman–Crippen MR) is 110 cm³/mol. The molecule has 25 heavy (non-hydrogen) atoms. The van der Waals surface area contributed by atoms with E-state index in [1.54, 1.807) is 17.5 Å². The van der Waals surface area contributed by atoms with Gasteiger partial charge in [0.15, 0.2) is 0 Å². The Hall–Kier alpha value is -1.55. The van der Waals surface area contributed by atoms with Gasteiger partial charge in [-0.1, -0.05) is 70.8 Å². The molecule has 0 aliphatic heterocycles. The van der Waals surface area contributed by atoms with Crippen LogP contribution in [0.4, 0.5) is 0 Å². The molecule has 0 saturated heterocycles. The van der Waals surface area contributed by atoms with E-state index in [9.17, 15) is 0 Å². The maximum Gasteiger partial charge on any atom is 0.142 e. The third kappa shape index (κ3) is 8.39. The summed E-state index contributed by atoms with van der Waals surface area (Å²) in [6.07, 6.45) is 17.3. The van der Waals surface area contributed by atoms with Crippen molar-refractivity contribution in [2.45, 2.75) is 71.1 Å². The lowest BCUT2D eigenvalue weighted by Crippen LogP contribution is -1.87. The Labute approximate surface area is 156 Å². The Morgan fingerprint density at radius 2 is 1.68 bits per heavy atom. The molecule has 0 aliphatic rings. The first-order chi connectivity index (χ1) is 12.4. The van der Waals surface area contributed by atoms with Crippen LogP contribution in [0, 0.1) is 0 Å². The van der Waals surface area contributed by atoms with Crippen LogP contribution in [0.1, 0.15) is 76.8 Å². The summed E-state index contributed by atoms with van der Waals surface area (Å²) in [7, 11) is 0. The van der Waals surface area contributed by atoms with Gasteiger partial charge in [-0.05, 0) is 18.6 Å². The maximum absolute atomic E-state index is 4.58. The van der Waals surface area contributed by atoms with E-state index in [2.05, 4.69) is 21.9 Å². The molecule has 0 spiro atoms. The van der Waals surface area contributed by atoms with Crippen molar-refractivity contribution in [1.82, 2.24) is 9.97 Å². The Kier molecular flexibility index (Phi) is 10.1. The number of aromatic nitrogens is 2. The normalized spacial score (nSPS) is 11.4. The molecule has 0 radical (unpaired) electrons. The number of pyridine rings is 1. The molecule has 0 N–H and O–H groups in total. The largest absolute Gasteiger partial charge is 0.291 e. The molecule has 0 bridgehead atoms. The molecule has 0 amide bonds. The van der Waals surface area contributed by atoms with Crippen molar-refractivity contribution >= 4 is 17.6 Å². The highest BCUT2D eigenvalue weighted by Gasteiger charge is 2.03. The summed E-state index contributed by atoms with van der Waals surface area (Å²) < 4.78 is 0. The lowest BCUT2D eigenvalue weighted by atomic mass is 10.1. The Morgan fingerprint density at radius 3 is 2.36 bits per heavy atom. The van der Waals surface area contributed by atoms with Crippen molar-refractivity contribution in [3.8, 4) is 10.7 Å². The van der Waals surface area contributed by atoms with E-state index in [1.165, 1.54) is 64.2 Å². The van der Waals surface area contributed by atoms with Gasteiger partial charge in [0.2, 0.25) is 0 Å². The monoisotopic (exact) mass is 357 g/mol. The minimum absolute atomic E-state index is 0.910. The Bertz CT molecular complexity index is 592. The van der Waals surface area contributed by atoms with Gasteiger partial charge in [-0.15, -0.1) is 11.3 Å². The van der Waals surface area contributed by atoms with Crippen LogP contribution in [0.15, 0.2) is 34.8 Å². The molecule has 136 valence electrons. The molecule has 4 heteroatoms. The second-order valence-corrected chi connectivity index (χ2v) is 7.37. The molecule has 2 aromatic rings. The summed E-state index contributed by atoms with van der Waals surface area (Å²) in [6.45, 7) is 3.18. The Morgan fingerprint density at radius 1 is 0.960 bits per heavy atom. The van der Waals surface area contributed by atoms with Crippen molar-refractivity contribution < 1.29 is 0 Å². The van der Waals surface area contributed by atoms with E-state index in [1.807, 2.05) is 29.8 Å². The van der Waals surface area contributed by atoms with Crippen LogP contribution in [-0.4, -0.2) is 22.7 Å². The predicted octanol–water partition coefficient (Wildman–Crippen LogP) is 6.54. The van der Waals surface area contributed by atoms with Crippen LogP contribution in [0.3, 0.4) is 0 Å². The van der Waals surface area contributed by atoms with Gasteiger partial charge in [-0.2, -0.15) is 0 Å². The zero-order chi connectivity index (χ0) is 17.6. The topological polar surface area (TPSA) is 38.1 Å². The van der Waals surface area contributed by atoms with Gasteiger partial charge in [0, 0.05) is 24.3 Å². The summed E-state index contributed by atoms with van der Waals surface area (Å²) in [5.74, 6) is 0. The molecule has 0 saturated carbocycles. The fourth-order valence-corrected chi connectivity index (χ4v) is 3.55. The van der Waals surface area contributed by atoms with Gasteiger partial charge in [0.25, 0.3) is 0 Å². The van der Waals surface area contributed by atoms with E-state index < -0.39 is 0 Å². The van der Waals surface area contributed by atoms with Crippen LogP contribution in [0.2, 0.25) is 0 Å². The quantitative estimate of drug-likeness (QED) is 0.301. The number of nitrogens with zero attached hydrogens (tertiary/aromatic N) is 3. The molecule has 2 aromatic heterocycles. The first-order valence-electron chi connectivity index (χ1n) is 9.77. The number of hydrogen-bond acceptors (Lipinski definition) is 4. The van der Waals surface area contributed by atoms with Gasteiger partial charge in [0.1, 0.15) is 5.01 Å². The molecule has 0 fully saturated rings. The summed E-state index contributed by atoms with van der Waals surface area (Å²) in [5, 5.41) is 3.01. The number of hydrogen-bond donors (Lipinski definition) is 0. The molecule has 0 aliphatic carbocycles. The fourth-order valence-electron chi connectivity index (χ4n) is 2.80. The fraction of sp³-hybridized carbons (Fsp3) is 0.571. The third-order valence-corrected chi connectivity index (χ3v) is 5.15. The minimum atomic E-state index is 0.910. The minimum Gasteiger partial charge on any atom is -0.291 e. The van der Waals surface area contributed by atoms with E-state index >= 15 is 0 Å². The van der Waals surface area contributed by atoms with Crippen LogP contribution in [-0.2, 0) is 0 Å². The van der Waals surface area contributed by atoms with Crippen molar-refractivity contribution in [3.63, 3.8) is 0 Å². The molecule has 2 heterocycles. The van der Waals surface area contributed by atoms with Crippen LogP contribution in [0.25, 0.3) is 10.7 Å². The van der Waals surface area contributed by atoms with E-state index in [-0.39, 0.29) is 0 Å². The molecule has 0 aromatic carbocycles. The summed E-state index contributed by atoms with van der Waals surface area (Å²) in [6, 6.07) is 5.90. The standard InChI is InChI=1S/C21H31N3S/c1-2-3-4-5-6-7-8-9-10-12-15-22-17-19-18-25-21(24-19)20-14-11-13-16-23-20/h11,13-14,16-18H,2-10,12,15H2,1H3. The van der Waals surface area contributed by atoms with Crippen LogP contribution >= 0.6 is 11.3 Å². The van der Waals surface area contributed by atoms with Gasteiger partial charge in [0.05, 0.1) is 11.4 Å². The summed E-state index contributed by atoms with van der Waals surface area (Å²) in [4.78, 5) is 13.4. The zero-order valence-corrected chi connectivity index (χ0v) is 16.3. The molecule has 0 unspecified atom stereocenters. The van der Waals surface area contributed by atoms with Gasteiger partial charge >= 0.3 is 0 Å². The molecule has 0 atom stereocenters. The summed E-state index contributed by atoms with van der Waals surface area (Å²) >= 11 is 1.62. The van der Waals surface area contributed by atoms with Gasteiger partial charge < -0.3 is 0 Å². The molecular weight excluding hydrogens is 326 g/mol. The number of aliphatic imine (C=N–C) groups is 1. The number of unbranched alkanes of at least 4 members (excludes halogenated alkanes) is 9. The summed E-state index contributed by atoms with van der Waals surface area (Å²) in [5.41, 5.74) is 1.87. The lowest BCUT2D eigenvalue weighted by molar-refractivity contribution is 0.558. The first-order valence-corrected chi connectivity index (χ1v) is 10.6. The van der Waals surface area contributed by atoms with Crippen LogP contribution in [0.5, 0.6) is 0 Å². The number of rotatable bonds is 13. The Balaban J connectivity index is 1.52. The SMILES string of the molecule is CCCCCCCCCCCCN=Cc1csc(-c2ccccn2)n1. The molecule has 2 rings (SSSR count). The van der Waals surface area contributed by atoms with E-state index in [0.29, 0.717) is 0 Å². The number of thiazole rings is 1. The smallest absolute Gasteiger partial charge is 0.142 e. The van der Waals surface area contributed by atoms with E-state index in [0.717, 1.165) is 22.9 Å². The molecule has 3 nitrogen and oxygen atoms in total. The molecular formula is C21H31N3S. The highest BCUT2D eigenvalue weighted by molar-refractivity contribution is 7.13. The second-order valence-electron chi connectivity index (χ2n) is 6.51. The maximum atomic E-state index is 4.58. The van der Waals surface area contributed by atoms with Crippen LogP contribution < -0.4 is 0 Å². The highest BCUT2D eigenvalue weighted by Crippen LogP contribution is 2.20. The average molecular weight is 358 g/mol. The highest BCUT2D eigenvalue weighted by atomic mass is 32.1. The van der Waals surface area contributed by atoms with Crippen molar-refractivity contribution in [2.24, 2.45) is 4.99 Å². The van der Waals surface area contributed by atoms with Crippen molar-refractivity contribution in [1.29, 1.82) is 0 Å².